The van der Waals surface area contributed by atoms with E-state index in [9.17, 15) is 10.5 Å². The number of nitriles is 2. The molecule has 4 rings (SSSR count). The largest absolute Gasteiger partial charge is 0.352 e. The summed E-state index contributed by atoms with van der Waals surface area (Å²) in [5.41, 5.74) is 6.59. The van der Waals surface area contributed by atoms with E-state index in [4.69, 9.17) is 0 Å². The van der Waals surface area contributed by atoms with Crippen molar-refractivity contribution in [3.8, 4) is 12.1 Å². The van der Waals surface area contributed by atoms with Crippen molar-refractivity contribution in [2.45, 2.75) is 87.1 Å². The molecular formula is C22H26N4S2. The van der Waals surface area contributed by atoms with Crippen LogP contribution in [0, 0.1) is 22.7 Å². The van der Waals surface area contributed by atoms with Gasteiger partial charge in [0.1, 0.15) is 22.2 Å². The molecule has 2 aliphatic carbocycles. The number of aromatic amines is 2. The molecule has 0 saturated heterocycles. The van der Waals surface area contributed by atoms with Crippen molar-refractivity contribution >= 4 is 21.6 Å². The topological polar surface area (TPSA) is 79.2 Å². The third-order valence-corrected chi connectivity index (χ3v) is 8.23. The highest BCUT2D eigenvalue weighted by Crippen LogP contribution is 2.43. The van der Waals surface area contributed by atoms with Gasteiger partial charge in [-0.15, -0.1) is 0 Å². The zero-order chi connectivity index (χ0) is 19.3. The van der Waals surface area contributed by atoms with Crippen LogP contribution < -0.4 is 0 Å². The molecule has 0 spiro atoms. The normalized spacial score (nSPS) is 17.2. The number of nitrogens with one attached hydrogen (secondary N) is 2. The van der Waals surface area contributed by atoms with Gasteiger partial charge < -0.3 is 9.97 Å². The number of rotatable bonds is 3. The molecule has 0 bridgehead atoms. The smallest absolute Gasteiger partial charge is 0.102 e. The van der Waals surface area contributed by atoms with Crippen LogP contribution in [0.5, 0.6) is 0 Å². The third kappa shape index (κ3) is 4.00. The van der Waals surface area contributed by atoms with Gasteiger partial charge in [0.05, 0.1) is 11.1 Å². The van der Waals surface area contributed by atoms with Gasteiger partial charge in [-0.05, 0) is 84.1 Å². The van der Waals surface area contributed by atoms with E-state index >= 15 is 0 Å². The van der Waals surface area contributed by atoms with Gasteiger partial charge in [0.25, 0.3) is 0 Å². The molecule has 2 N–H and O–H groups in total. The second kappa shape index (κ2) is 9.16. The van der Waals surface area contributed by atoms with E-state index in [0.717, 1.165) is 46.9 Å². The molecule has 2 aromatic rings. The van der Waals surface area contributed by atoms with Gasteiger partial charge in [0.15, 0.2) is 0 Å². The van der Waals surface area contributed by atoms with Crippen molar-refractivity contribution < 1.29 is 0 Å². The van der Waals surface area contributed by atoms with Gasteiger partial charge in [-0.2, -0.15) is 10.5 Å². The highest BCUT2D eigenvalue weighted by molar-refractivity contribution is 8.76. The van der Waals surface area contributed by atoms with E-state index < -0.39 is 0 Å². The summed E-state index contributed by atoms with van der Waals surface area (Å²) in [6.07, 6.45) is 13.9. The maximum absolute atomic E-state index is 9.77. The quantitative estimate of drug-likeness (QED) is 0.590. The lowest BCUT2D eigenvalue weighted by Crippen LogP contribution is -1.98. The first-order chi connectivity index (χ1) is 13.8. The first-order valence-electron chi connectivity index (χ1n) is 10.4. The van der Waals surface area contributed by atoms with Gasteiger partial charge in [0.2, 0.25) is 0 Å². The SMILES string of the molecule is N#Cc1c(SSc2[nH]c3c(c2C#N)CCCCCC3)[nH]c2c1CCCCCC2. The average molecular weight is 411 g/mol. The van der Waals surface area contributed by atoms with Crippen molar-refractivity contribution in [1.29, 1.82) is 10.5 Å². The van der Waals surface area contributed by atoms with Gasteiger partial charge in [-0.25, -0.2) is 0 Å². The minimum atomic E-state index is 0.817. The fourth-order valence-electron chi connectivity index (χ4n) is 4.46. The number of H-pyrrole nitrogens is 2. The molecule has 146 valence electrons. The van der Waals surface area contributed by atoms with Crippen LogP contribution in [0.2, 0.25) is 0 Å². The predicted molar refractivity (Wildman–Crippen MR) is 114 cm³/mol. The van der Waals surface area contributed by atoms with Crippen molar-refractivity contribution in [1.82, 2.24) is 9.97 Å². The van der Waals surface area contributed by atoms with E-state index in [2.05, 4.69) is 22.1 Å². The van der Waals surface area contributed by atoms with Crippen molar-refractivity contribution in [3.63, 3.8) is 0 Å². The summed E-state index contributed by atoms with van der Waals surface area (Å²) in [7, 11) is 3.18. The number of nitrogens with zero attached hydrogens (tertiary/aromatic N) is 2. The molecule has 0 radical (unpaired) electrons. The van der Waals surface area contributed by atoms with Crippen LogP contribution in [0.15, 0.2) is 10.1 Å². The Labute approximate surface area is 174 Å². The van der Waals surface area contributed by atoms with E-state index in [1.165, 1.54) is 73.9 Å². The van der Waals surface area contributed by atoms with Gasteiger partial charge in [-0.3, -0.25) is 0 Å². The summed E-state index contributed by atoms with van der Waals surface area (Å²) in [5, 5.41) is 21.4. The van der Waals surface area contributed by atoms with Crippen molar-refractivity contribution in [2.75, 3.05) is 0 Å². The van der Waals surface area contributed by atoms with Crippen molar-refractivity contribution in [2.24, 2.45) is 0 Å². The first-order valence-corrected chi connectivity index (χ1v) is 12.6. The van der Waals surface area contributed by atoms with Crippen LogP contribution in [-0.2, 0) is 25.7 Å². The highest BCUT2D eigenvalue weighted by atomic mass is 33.1. The summed E-state index contributed by atoms with van der Waals surface area (Å²) in [6.45, 7) is 0. The van der Waals surface area contributed by atoms with Crippen LogP contribution in [0.1, 0.15) is 85.0 Å². The van der Waals surface area contributed by atoms with Crippen LogP contribution in [0.4, 0.5) is 0 Å². The summed E-state index contributed by atoms with van der Waals surface area (Å²) >= 11 is 0. The highest BCUT2D eigenvalue weighted by Gasteiger charge is 2.22. The maximum Gasteiger partial charge on any atom is 0.102 e. The molecule has 0 amide bonds. The van der Waals surface area contributed by atoms with Crippen molar-refractivity contribution in [3.05, 3.63) is 33.6 Å². The first kappa shape index (κ1) is 19.6. The molecule has 0 aliphatic heterocycles. The second-order valence-corrected chi connectivity index (χ2v) is 9.94. The minimum Gasteiger partial charge on any atom is -0.352 e. The Morgan fingerprint density at radius 1 is 0.571 bits per heavy atom. The summed E-state index contributed by atoms with van der Waals surface area (Å²) in [4.78, 5) is 7.07. The third-order valence-electron chi connectivity index (χ3n) is 5.95. The Bertz CT molecular complexity index is 850. The fourth-order valence-corrected chi connectivity index (χ4v) is 6.71. The molecule has 4 nitrogen and oxygen atoms in total. The molecule has 6 heteroatoms. The number of aromatic nitrogens is 2. The molecule has 2 aliphatic rings. The van der Waals surface area contributed by atoms with E-state index in [1.54, 1.807) is 21.6 Å². The van der Waals surface area contributed by atoms with Crippen LogP contribution in [-0.4, -0.2) is 9.97 Å². The molecular weight excluding hydrogens is 384 g/mol. The molecule has 28 heavy (non-hydrogen) atoms. The van der Waals surface area contributed by atoms with Gasteiger partial charge >= 0.3 is 0 Å². The lowest BCUT2D eigenvalue weighted by Gasteiger charge is -2.08. The predicted octanol–water partition coefficient (Wildman–Crippen LogP) is 6.20. The number of hydrogen-bond acceptors (Lipinski definition) is 4. The summed E-state index contributed by atoms with van der Waals surface area (Å²) < 4.78 is 0. The molecule has 2 aromatic heterocycles. The fraction of sp³-hybridized carbons (Fsp3) is 0.545. The van der Waals surface area contributed by atoms with E-state index in [0.29, 0.717) is 0 Å². The standard InChI is InChI=1S/C22H26N4S2/c23-13-17-15-9-5-1-3-7-11-19(15)25-21(17)27-28-22-18(14-24)16-10-6-2-4-8-12-20(16)26-22/h25-26H,1-12H2. The van der Waals surface area contributed by atoms with Crippen LogP contribution in [0.3, 0.4) is 0 Å². The molecule has 0 fully saturated rings. The van der Waals surface area contributed by atoms with E-state index in [-0.39, 0.29) is 0 Å². The van der Waals surface area contributed by atoms with Gasteiger partial charge in [-0.1, -0.05) is 25.7 Å². The molecule has 2 heterocycles. The zero-order valence-electron chi connectivity index (χ0n) is 16.2. The number of aryl methyl sites for hydroxylation is 2. The Balaban J connectivity index is 1.58. The number of fused-ring (bicyclic) bond motifs is 2. The Hall–Kier alpha value is -1.76. The monoisotopic (exact) mass is 410 g/mol. The second-order valence-electron chi connectivity index (χ2n) is 7.79. The maximum atomic E-state index is 9.77. The molecule has 0 atom stereocenters. The van der Waals surface area contributed by atoms with E-state index in [1.807, 2.05) is 0 Å². The van der Waals surface area contributed by atoms with Gasteiger partial charge in [0, 0.05) is 11.4 Å². The minimum absolute atomic E-state index is 0.817. The number of hydrogen-bond donors (Lipinski definition) is 2. The molecule has 0 unspecified atom stereocenters. The lowest BCUT2D eigenvalue weighted by atomic mass is 9.97. The lowest BCUT2D eigenvalue weighted by molar-refractivity contribution is 0.612. The Morgan fingerprint density at radius 3 is 1.36 bits per heavy atom. The average Bonchev–Trinajstić information content (AvgIpc) is 3.16. The van der Waals surface area contributed by atoms with Crippen LogP contribution in [0.25, 0.3) is 0 Å². The Kier molecular flexibility index (Phi) is 6.40. The Morgan fingerprint density at radius 2 is 0.964 bits per heavy atom. The summed E-state index contributed by atoms with van der Waals surface area (Å²) in [6, 6.07) is 4.88. The molecule has 0 aromatic carbocycles. The summed E-state index contributed by atoms with van der Waals surface area (Å²) in [5.74, 6) is 0. The van der Waals surface area contributed by atoms with Crippen LogP contribution >= 0.6 is 21.6 Å². The zero-order valence-corrected chi connectivity index (χ0v) is 17.8. The molecule has 0 saturated carbocycles.